The first-order chi connectivity index (χ1) is 7.29. The first-order valence-corrected chi connectivity index (χ1v) is 6.84. The highest BCUT2D eigenvalue weighted by Crippen LogP contribution is 2.38. The van der Waals surface area contributed by atoms with Gasteiger partial charge in [-0.2, -0.15) is 0 Å². The molecule has 0 N–H and O–H groups in total. The van der Waals surface area contributed by atoms with Crippen LogP contribution in [-0.2, 0) is 9.05 Å². The summed E-state index contributed by atoms with van der Waals surface area (Å²) in [4.78, 5) is 2.80. The number of hydrogen-bond acceptors (Lipinski definition) is 4. The quantitative estimate of drug-likeness (QED) is 0.796. The lowest BCUT2D eigenvalue weighted by atomic mass is 10.3. The number of ether oxygens (including phenoxy) is 1. The van der Waals surface area contributed by atoms with Crippen LogP contribution in [0.4, 0.5) is 8.78 Å². The minimum atomic E-state index is -4.28. The van der Waals surface area contributed by atoms with Gasteiger partial charge in [-0.05, 0) is 15.9 Å². The van der Waals surface area contributed by atoms with Crippen LogP contribution in [0.5, 0.6) is 5.88 Å². The molecule has 0 aliphatic rings. The van der Waals surface area contributed by atoms with Gasteiger partial charge in [0, 0.05) is 10.7 Å². The average Bonchev–Trinajstić information content (AvgIpc) is 2.15. The van der Waals surface area contributed by atoms with Gasteiger partial charge in [0.25, 0.3) is 15.5 Å². The summed E-state index contributed by atoms with van der Waals surface area (Å²) in [7, 11) is 1.95. The van der Waals surface area contributed by atoms with Crippen molar-refractivity contribution < 1.29 is 21.9 Å². The number of aromatic nitrogens is 1. The Kier molecular flexibility index (Phi) is 4.08. The standard InChI is InChI=1S/C7H5BrClF2NO3S/c1-15-7-5(8)4(6(10)11)3(2-12-7)16(9,13)14/h2,6H,1H3. The molecule has 0 unspecified atom stereocenters. The summed E-state index contributed by atoms with van der Waals surface area (Å²) < 4.78 is 51.9. The lowest BCUT2D eigenvalue weighted by Crippen LogP contribution is -2.03. The summed E-state index contributed by atoms with van der Waals surface area (Å²) in [5, 5.41) is 0. The molecule has 4 nitrogen and oxygen atoms in total. The van der Waals surface area contributed by atoms with E-state index in [2.05, 4.69) is 25.7 Å². The third-order valence-corrected chi connectivity index (χ3v) is 3.78. The molecule has 0 fully saturated rings. The molecule has 90 valence electrons. The van der Waals surface area contributed by atoms with Crippen molar-refractivity contribution in [3.63, 3.8) is 0 Å². The summed E-state index contributed by atoms with van der Waals surface area (Å²) in [6.07, 6.45) is -2.29. The van der Waals surface area contributed by atoms with Crippen molar-refractivity contribution in [1.29, 1.82) is 0 Å². The topological polar surface area (TPSA) is 56.3 Å². The molecule has 9 heteroatoms. The molecular formula is C7H5BrClF2NO3S. The molecule has 0 radical (unpaired) electrons. The Morgan fingerprint density at radius 1 is 1.56 bits per heavy atom. The molecule has 1 heterocycles. The Hall–Kier alpha value is -0.470. The second-order valence-corrected chi connectivity index (χ2v) is 5.93. The average molecular weight is 337 g/mol. The Morgan fingerprint density at radius 2 is 2.12 bits per heavy atom. The van der Waals surface area contributed by atoms with E-state index in [0.717, 1.165) is 6.20 Å². The Labute approximate surface area is 103 Å². The summed E-state index contributed by atoms with van der Waals surface area (Å²) in [5.41, 5.74) is -0.762. The van der Waals surface area contributed by atoms with Crippen molar-refractivity contribution >= 4 is 35.7 Å². The molecule has 0 saturated heterocycles. The molecule has 1 aromatic heterocycles. The van der Waals surface area contributed by atoms with Crippen LogP contribution in [0.25, 0.3) is 0 Å². The van der Waals surface area contributed by atoms with Crippen LogP contribution >= 0.6 is 26.6 Å². The maximum Gasteiger partial charge on any atom is 0.266 e. The van der Waals surface area contributed by atoms with Crippen molar-refractivity contribution in [3.8, 4) is 5.88 Å². The van der Waals surface area contributed by atoms with Gasteiger partial charge in [-0.3, -0.25) is 0 Å². The highest BCUT2D eigenvalue weighted by molar-refractivity contribution is 9.10. The fraction of sp³-hybridized carbons (Fsp3) is 0.286. The molecule has 0 saturated carbocycles. The molecule has 0 atom stereocenters. The maximum absolute atomic E-state index is 12.7. The fourth-order valence-corrected chi connectivity index (χ4v) is 2.79. The first kappa shape index (κ1) is 13.6. The highest BCUT2D eigenvalue weighted by Gasteiger charge is 2.27. The van der Waals surface area contributed by atoms with E-state index in [1.165, 1.54) is 7.11 Å². The zero-order valence-corrected chi connectivity index (χ0v) is 10.9. The van der Waals surface area contributed by atoms with Crippen LogP contribution in [0.3, 0.4) is 0 Å². The van der Waals surface area contributed by atoms with E-state index < -0.39 is 25.9 Å². The van der Waals surface area contributed by atoms with Crippen LogP contribution in [0.1, 0.15) is 12.0 Å². The van der Waals surface area contributed by atoms with E-state index in [0.29, 0.717) is 0 Å². The molecule has 1 rings (SSSR count). The molecule has 0 spiro atoms. The molecule has 0 bridgehead atoms. The predicted molar refractivity (Wildman–Crippen MR) is 56.5 cm³/mol. The van der Waals surface area contributed by atoms with E-state index in [1.807, 2.05) is 0 Å². The Morgan fingerprint density at radius 3 is 2.50 bits per heavy atom. The van der Waals surface area contributed by atoms with E-state index in [1.54, 1.807) is 0 Å². The number of methoxy groups -OCH3 is 1. The summed E-state index contributed by atoms with van der Waals surface area (Å²) in [6, 6.07) is 0. The van der Waals surface area contributed by atoms with Gasteiger partial charge >= 0.3 is 0 Å². The Bertz CT molecular complexity index is 509. The fourth-order valence-electron chi connectivity index (χ4n) is 1.01. The second-order valence-electron chi connectivity index (χ2n) is 2.60. The maximum atomic E-state index is 12.7. The molecule has 0 aliphatic heterocycles. The number of pyridine rings is 1. The van der Waals surface area contributed by atoms with Crippen molar-refractivity contribution in [3.05, 3.63) is 16.2 Å². The van der Waals surface area contributed by atoms with E-state index in [-0.39, 0.29) is 10.4 Å². The molecule has 0 aliphatic carbocycles. The number of alkyl halides is 2. The van der Waals surface area contributed by atoms with E-state index in [4.69, 9.17) is 10.7 Å². The van der Waals surface area contributed by atoms with Crippen LogP contribution in [0, 0.1) is 0 Å². The second kappa shape index (κ2) is 4.80. The van der Waals surface area contributed by atoms with Gasteiger partial charge in [-0.15, -0.1) is 0 Å². The monoisotopic (exact) mass is 335 g/mol. The molecule has 1 aromatic rings. The van der Waals surface area contributed by atoms with Crippen molar-refractivity contribution in [1.82, 2.24) is 4.98 Å². The van der Waals surface area contributed by atoms with Crippen LogP contribution in [-0.4, -0.2) is 20.5 Å². The summed E-state index contributed by atoms with van der Waals surface area (Å²) in [5.74, 6) is -0.139. The van der Waals surface area contributed by atoms with Crippen molar-refractivity contribution in [2.24, 2.45) is 0 Å². The number of rotatable bonds is 3. The van der Waals surface area contributed by atoms with Gasteiger partial charge in [-0.25, -0.2) is 22.2 Å². The minimum Gasteiger partial charge on any atom is -0.480 e. The van der Waals surface area contributed by atoms with Crippen molar-refractivity contribution in [2.45, 2.75) is 11.3 Å². The van der Waals surface area contributed by atoms with Crippen molar-refractivity contribution in [2.75, 3.05) is 7.11 Å². The van der Waals surface area contributed by atoms with E-state index in [9.17, 15) is 17.2 Å². The number of hydrogen-bond donors (Lipinski definition) is 0. The zero-order chi connectivity index (χ0) is 12.5. The minimum absolute atomic E-state index is 0.139. The van der Waals surface area contributed by atoms with Crippen LogP contribution in [0.2, 0.25) is 0 Å². The smallest absolute Gasteiger partial charge is 0.266 e. The first-order valence-electron chi connectivity index (χ1n) is 3.74. The van der Waals surface area contributed by atoms with Gasteiger partial charge in [0.2, 0.25) is 5.88 Å². The third kappa shape index (κ3) is 2.61. The van der Waals surface area contributed by atoms with Crippen LogP contribution in [0.15, 0.2) is 15.6 Å². The van der Waals surface area contributed by atoms with Gasteiger partial charge in [0.1, 0.15) is 4.90 Å². The van der Waals surface area contributed by atoms with Crippen LogP contribution < -0.4 is 4.74 Å². The largest absolute Gasteiger partial charge is 0.480 e. The van der Waals surface area contributed by atoms with E-state index >= 15 is 0 Å². The SMILES string of the molecule is COc1ncc(S(=O)(=O)Cl)c(C(F)F)c1Br. The highest BCUT2D eigenvalue weighted by atomic mass is 79.9. The number of nitrogens with zero attached hydrogens (tertiary/aromatic N) is 1. The zero-order valence-electron chi connectivity index (χ0n) is 7.75. The molecule has 0 aromatic carbocycles. The van der Waals surface area contributed by atoms with Gasteiger partial charge in [-0.1, -0.05) is 0 Å². The lowest BCUT2D eigenvalue weighted by molar-refractivity contribution is 0.146. The Balaban J connectivity index is 3.60. The number of halogens is 4. The normalized spacial score (nSPS) is 11.9. The molecule has 16 heavy (non-hydrogen) atoms. The van der Waals surface area contributed by atoms with Gasteiger partial charge < -0.3 is 4.74 Å². The molecular weight excluding hydrogens is 332 g/mol. The predicted octanol–water partition coefficient (Wildman–Crippen LogP) is 2.72. The lowest BCUT2D eigenvalue weighted by Gasteiger charge is -2.10. The third-order valence-electron chi connectivity index (χ3n) is 1.66. The van der Waals surface area contributed by atoms with Gasteiger partial charge in [0.05, 0.1) is 23.3 Å². The molecule has 0 amide bonds. The summed E-state index contributed by atoms with van der Waals surface area (Å²) >= 11 is 2.79. The van der Waals surface area contributed by atoms with Gasteiger partial charge in [0.15, 0.2) is 0 Å². The summed E-state index contributed by atoms with van der Waals surface area (Å²) in [6.45, 7) is 0.